The largest absolute Gasteiger partial charge is 0.383 e. The Labute approximate surface area is 165 Å². The van der Waals surface area contributed by atoms with E-state index in [-0.39, 0.29) is 11.9 Å². The molecule has 2 rings (SSSR count). The average molecular weight is 392 g/mol. The lowest BCUT2D eigenvalue weighted by Gasteiger charge is -2.21. The van der Waals surface area contributed by atoms with Crippen LogP contribution in [0.15, 0.2) is 29.4 Å². The van der Waals surface area contributed by atoms with E-state index in [4.69, 9.17) is 4.74 Å². The third-order valence-electron chi connectivity index (χ3n) is 4.25. The van der Waals surface area contributed by atoms with Crippen molar-refractivity contribution in [1.82, 2.24) is 20.1 Å². The number of thioether (sulfide) groups is 1. The molecule has 0 saturated heterocycles. The molecule has 0 fully saturated rings. The number of aromatic nitrogens is 3. The molecule has 148 valence electrons. The van der Waals surface area contributed by atoms with E-state index in [1.807, 2.05) is 18.5 Å². The molecule has 0 radical (unpaired) electrons. The van der Waals surface area contributed by atoms with E-state index in [1.165, 1.54) is 17.4 Å². The minimum absolute atomic E-state index is 0.0116. The Bertz CT molecular complexity index is 728. The number of hydrogen-bond acceptors (Lipinski definition) is 6. The zero-order valence-electron chi connectivity index (χ0n) is 16.7. The van der Waals surface area contributed by atoms with Crippen LogP contribution in [0.3, 0.4) is 0 Å². The second kappa shape index (κ2) is 10.3. The average Bonchev–Trinajstić information content (AvgIpc) is 3.02. The number of carbonyl (C=O) groups excluding carboxylic acids is 1. The number of hydrogen-bond donors (Lipinski definition) is 1. The monoisotopic (exact) mass is 391 g/mol. The SMILES string of the molecule is CCN(CC)c1ccc(-c2nnc(SCC(=O)NC(C)COC)n2C)cc1. The number of anilines is 1. The third kappa shape index (κ3) is 5.71. The Hall–Kier alpha value is -2.06. The van der Waals surface area contributed by atoms with Gasteiger partial charge in [0.05, 0.1) is 12.4 Å². The van der Waals surface area contributed by atoms with Crippen LogP contribution in [0, 0.1) is 0 Å². The van der Waals surface area contributed by atoms with Gasteiger partial charge in [-0.15, -0.1) is 10.2 Å². The van der Waals surface area contributed by atoms with Crippen molar-refractivity contribution in [3.63, 3.8) is 0 Å². The van der Waals surface area contributed by atoms with Crippen molar-refractivity contribution in [2.45, 2.75) is 32.0 Å². The predicted octanol–water partition coefficient (Wildman–Crippen LogP) is 2.57. The summed E-state index contributed by atoms with van der Waals surface area (Å²) < 4.78 is 6.94. The molecule has 0 aliphatic carbocycles. The first-order valence-electron chi connectivity index (χ1n) is 9.15. The number of methoxy groups -OCH3 is 1. The maximum atomic E-state index is 12.0. The van der Waals surface area contributed by atoms with E-state index in [0.717, 1.165) is 24.5 Å². The number of benzene rings is 1. The zero-order chi connectivity index (χ0) is 19.8. The minimum Gasteiger partial charge on any atom is -0.383 e. The molecule has 2 aromatic rings. The van der Waals surface area contributed by atoms with E-state index in [2.05, 4.69) is 58.5 Å². The van der Waals surface area contributed by atoms with Crippen LogP contribution in [0.5, 0.6) is 0 Å². The van der Waals surface area contributed by atoms with E-state index >= 15 is 0 Å². The van der Waals surface area contributed by atoms with Crippen LogP contribution >= 0.6 is 11.8 Å². The van der Waals surface area contributed by atoms with Crippen LogP contribution in [0.4, 0.5) is 5.69 Å². The van der Waals surface area contributed by atoms with Crippen LogP contribution in [0.25, 0.3) is 11.4 Å². The van der Waals surface area contributed by atoms with Gasteiger partial charge in [0.1, 0.15) is 0 Å². The van der Waals surface area contributed by atoms with Crippen molar-refractivity contribution in [2.75, 3.05) is 37.5 Å². The van der Waals surface area contributed by atoms with Gasteiger partial charge in [0.25, 0.3) is 0 Å². The Balaban J connectivity index is 2.01. The summed E-state index contributed by atoms with van der Waals surface area (Å²) in [5.41, 5.74) is 2.20. The number of amides is 1. The fraction of sp³-hybridized carbons (Fsp3) is 0.526. The summed E-state index contributed by atoms with van der Waals surface area (Å²) in [7, 11) is 3.54. The number of nitrogens with zero attached hydrogens (tertiary/aromatic N) is 4. The molecule has 27 heavy (non-hydrogen) atoms. The highest BCUT2D eigenvalue weighted by Crippen LogP contribution is 2.25. The van der Waals surface area contributed by atoms with Crippen LogP contribution in [-0.2, 0) is 16.6 Å². The van der Waals surface area contributed by atoms with Gasteiger partial charge in [-0.1, -0.05) is 11.8 Å². The van der Waals surface area contributed by atoms with E-state index in [1.54, 1.807) is 7.11 Å². The van der Waals surface area contributed by atoms with Gasteiger partial charge in [0.15, 0.2) is 11.0 Å². The fourth-order valence-electron chi connectivity index (χ4n) is 2.84. The first-order valence-corrected chi connectivity index (χ1v) is 10.1. The van der Waals surface area contributed by atoms with Gasteiger partial charge in [-0.3, -0.25) is 4.79 Å². The number of ether oxygens (including phenoxy) is 1. The van der Waals surface area contributed by atoms with Crippen LogP contribution in [0.2, 0.25) is 0 Å². The zero-order valence-corrected chi connectivity index (χ0v) is 17.5. The molecule has 1 heterocycles. The van der Waals surface area contributed by atoms with Gasteiger partial charge in [-0.05, 0) is 45.0 Å². The second-order valence-electron chi connectivity index (χ2n) is 6.30. The quantitative estimate of drug-likeness (QED) is 0.628. The molecule has 0 bridgehead atoms. The van der Waals surface area contributed by atoms with Crippen molar-refractivity contribution in [1.29, 1.82) is 0 Å². The van der Waals surface area contributed by atoms with Gasteiger partial charge in [-0.2, -0.15) is 0 Å². The van der Waals surface area contributed by atoms with Gasteiger partial charge < -0.3 is 19.5 Å². The highest BCUT2D eigenvalue weighted by Gasteiger charge is 2.14. The first kappa shape index (κ1) is 21.2. The lowest BCUT2D eigenvalue weighted by Crippen LogP contribution is -2.36. The molecular weight excluding hydrogens is 362 g/mol. The van der Waals surface area contributed by atoms with E-state index < -0.39 is 0 Å². The van der Waals surface area contributed by atoms with E-state index in [9.17, 15) is 4.79 Å². The highest BCUT2D eigenvalue weighted by molar-refractivity contribution is 7.99. The first-order chi connectivity index (χ1) is 13.0. The molecule has 0 aliphatic heterocycles. The molecule has 1 aromatic carbocycles. The van der Waals surface area contributed by atoms with Crippen molar-refractivity contribution in [3.05, 3.63) is 24.3 Å². The van der Waals surface area contributed by atoms with Gasteiger partial charge in [-0.25, -0.2) is 0 Å². The Morgan fingerprint density at radius 2 is 1.93 bits per heavy atom. The molecule has 0 saturated carbocycles. The van der Waals surface area contributed by atoms with Crippen LogP contribution < -0.4 is 10.2 Å². The minimum atomic E-state index is -0.0438. The molecule has 8 heteroatoms. The molecule has 1 amide bonds. The van der Waals surface area contributed by atoms with Crippen molar-refractivity contribution in [3.8, 4) is 11.4 Å². The summed E-state index contributed by atoms with van der Waals surface area (Å²) >= 11 is 1.37. The highest BCUT2D eigenvalue weighted by atomic mass is 32.2. The van der Waals surface area contributed by atoms with Gasteiger partial charge in [0, 0.05) is 44.5 Å². The standard InChI is InChI=1S/C19H29N5O2S/c1-6-24(7-2)16-10-8-15(9-11-16)18-21-22-19(23(18)4)27-13-17(25)20-14(3)12-26-5/h8-11,14H,6-7,12-13H2,1-5H3,(H,20,25). The molecule has 1 unspecified atom stereocenters. The summed E-state index contributed by atoms with van der Waals surface area (Å²) in [6, 6.07) is 8.32. The molecule has 1 atom stereocenters. The molecule has 7 nitrogen and oxygen atoms in total. The second-order valence-corrected chi connectivity index (χ2v) is 7.24. The van der Waals surface area contributed by atoms with Crippen LogP contribution in [0.1, 0.15) is 20.8 Å². The molecule has 1 N–H and O–H groups in total. The number of carbonyl (C=O) groups is 1. The Kier molecular flexibility index (Phi) is 8.12. The smallest absolute Gasteiger partial charge is 0.230 e. The summed E-state index contributed by atoms with van der Waals surface area (Å²) in [4.78, 5) is 14.3. The lowest BCUT2D eigenvalue weighted by molar-refractivity contribution is -0.119. The number of nitrogens with one attached hydrogen (secondary N) is 1. The lowest BCUT2D eigenvalue weighted by atomic mass is 10.2. The third-order valence-corrected chi connectivity index (χ3v) is 5.27. The molecule has 0 aliphatic rings. The van der Waals surface area contributed by atoms with Gasteiger partial charge in [0.2, 0.25) is 5.91 Å². The molecular formula is C19H29N5O2S. The molecule has 0 spiro atoms. The maximum Gasteiger partial charge on any atom is 0.230 e. The summed E-state index contributed by atoms with van der Waals surface area (Å²) in [5.74, 6) is 1.04. The summed E-state index contributed by atoms with van der Waals surface area (Å²) in [6.07, 6.45) is 0. The topological polar surface area (TPSA) is 72.3 Å². The summed E-state index contributed by atoms with van der Waals surface area (Å²) in [5, 5.41) is 12.1. The molecule has 1 aromatic heterocycles. The van der Waals surface area contributed by atoms with Gasteiger partial charge >= 0.3 is 0 Å². The Morgan fingerprint density at radius 3 is 2.52 bits per heavy atom. The van der Waals surface area contributed by atoms with Crippen LogP contribution in [-0.4, -0.2) is 59.3 Å². The summed E-state index contributed by atoms with van der Waals surface area (Å²) in [6.45, 7) is 8.66. The normalized spacial score (nSPS) is 12.0. The Morgan fingerprint density at radius 1 is 1.26 bits per heavy atom. The van der Waals surface area contributed by atoms with Crippen molar-refractivity contribution >= 4 is 23.4 Å². The fourth-order valence-corrected chi connectivity index (χ4v) is 3.56. The van der Waals surface area contributed by atoms with Crippen molar-refractivity contribution < 1.29 is 9.53 Å². The van der Waals surface area contributed by atoms with Crippen molar-refractivity contribution in [2.24, 2.45) is 7.05 Å². The van der Waals surface area contributed by atoms with E-state index in [0.29, 0.717) is 17.5 Å². The number of rotatable bonds is 10. The predicted molar refractivity (Wildman–Crippen MR) is 110 cm³/mol. The maximum absolute atomic E-state index is 12.0.